The number of hydrogen-bond acceptors (Lipinski definition) is 6. The summed E-state index contributed by atoms with van der Waals surface area (Å²) in [6.45, 7) is 2.17. The average Bonchev–Trinajstić information content (AvgIpc) is 3.55. The molecule has 0 unspecified atom stereocenters. The van der Waals surface area contributed by atoms with E-state index in [9.17, 15) is 22.4 Å². The Labute approximate surface area is 227 Å². The van der Waals surface area contributed by atoms with Gasteiger partial charge in [-0.15, -0.1) is 0 Å². The minimum Gasteiger partial charge on any atom is -0.332 e. The molecule has 0 saturated carbocycles. The van der Waals surface area contributed by atoms with Gasteiger partial charge in [0.15, 0.2) is 17.3 Å². The van der Waals surface area contributed by atoms with E-state index in [0.717, 1.165) is 12.4 Å². The van der Waals surface area contributed by atoms with E-state index >= 15 is 0 Å². The zero-order valence-electron chi connectivity index (χ0n) is 20.5. The number of carbonyl (C=O) groups excluding carboxylic acids is 1. The Hall–Kier alpha value is -4.71. The van der Waals surface area contributed by atoms with Crippen molar-refractivity contribution in [1.29, 1.82) is 0 Å². The van der Waals surface area contributed by atoms with Crippen molar-refractivity contribution in [3.8, 4) is 17.2 Å². The summed E-state index contributed by atoms with van der Waals surface area (Å²) in [7, 11) is 0. The van der Waals surface area contributed by atoms with E-state index < -0.39 is 29.0 Å². The normalized spacial score (nSPS) is 11.9. The number of carbonyl (C=O) groups is 1. The molecule has 0 spiro atoms. The van der Waals surface area contributed by atoms with Crippen molar-refractivity contribution in [3.05, 3.63) is 95.2 Å². The van der Waals surface area contributed by atoms with Crippen LogP contribution >= 0.6 is 11.6 Å². The minimum absolute atomic E-state index is 0.0152. The fraction of sp³-hybridized carbons (Fsp3) is 0.111. The van der Waals surface area contributed by atoms with Gasteiger partial charge in [0, 0.05) is 53.1 Å². The summed E-state index contributed by atoms with van der Waals surface area (Å²) in [6, 6.07) is 7.09. The predicted molar refractivity (Wildman–Crippen MR) is 139 cm³/mol. The fourth-order valence-electron chi connectivity index (χ4n) is 4.61. The van der Waals surface area contributed by atoms with Gasteiger partial charge in [-0.3, -0.25) is 9.78 Å². The molecule has 0 aliphatic carbocycles. The van der Waals surface area contributed by atoms with Gasteiger partial charge < -0.3 is 4.57 Å². The summed E-state index contributed by atoms with van der Waals surface area (Å²) in [6.07, 6.45) is 2.68. The summed E-state index contributed by atoms with van der Waals surface area (Å²) in [5.74, 6) is -1.33. The van der Waals surface area contributed by atoms with E-state index in [1.807, 2.05) is 0 Å². The number of aromatic nitrogens is 7. The highest BCUT2D eigenvalue weighted by Gasteiger charge is 2.41. The van der Waals surface area contributed by atoms with Gasteiger partial charge in [-0.05, 0) is 25.1 Å². The Balaban J connectivity index is 1.54. The molecule has 0 radical (unpaired) electrons. The van der Waals surface area contributed by atoms with E-state index in [2.05, 4.69) is 25.0 Å². The topological polar surface area (TPSA) is 91.4 Å². The molecular weight excluding hydrogens is 550 g/mol. The standard InChI is InChI=1S/C27H16ClF4N7O/c1-2-38-13-18(15-9-19(28)22(37-26(15)38)25-34-7-4-8-35-25)23(40)17-11-36-39(24(17)27(30,31)32)21-12-33-10-16-14(21)5-3-6-20(16)29/h3-13H,2H2,1H3. The van der Waals surface area contributed by atoms with Crippen LogP contribution in [0.1, 0.15) is 28.5 Å². The Bertz CT molecular complexity index is 1930. The summed E-state index contributed by atoms with van der Waals surface area (Å²) in [5.41, 5.74) is -1.59. The quantitative estimate of drug-likeness (QED) is 0.180. The summed E-state index contributed by atoms with van der Waals surface area (Å²) >= 11 is 6.47. The Morgan fingerprint density at radius 1 is 1.00 bits per heavy atom. The van der Waals surface area contributed by atoms with Gasteiger partial charge >= 0.3 is 6.18 Å². The van der Waals surface area contributed by atoms with Crippen molar-refractivity contribution in [2.45, 2.75) is 19.6 Å². The molecule has 8 nitrogen and oxygen atoms in total. The number of pyridine rings is 2. The van der Waals surface area contributed by atoms with Gasteiger partial charge in [0.05, 0.1) is 28.7 Å². The summed E-state index contributed by atoms with van der Waals surface area (Å²) in [5, 5.41) is 4.45. The fourth-order valence-corrected chi connectivity index (χ4v) is 4.85. The van der Waals surface area contributed by atoms with Gasteiger partial charge in [-0.1, -0.05) is 23.7 Å². The number of hydrogen-bond donors (Lipinski definition) is 0. The zero-order valence-corrected chi connectivity index (χ0v) is 21.2. The number of alkyl halides is 3. The molecule has 6 rings (SSSR count). The molecule has 0 aliphatic rings. The molecule has 0 amide bonds. The lowest BCUT2D eigenvalue weighted by atomic mass is 10.0. The maximum atomic E-state index is 14.5. The van der Waals surface area contributed by atoms with E-state index in [4.69, 9.17) is 11.6 Å². The molecule has 5 aromatic heterocycles. The predicted octanol–water partition coefficient (Wildman–Crippen LogP) is 6.29. The van der Waals surface area contributed by atoms with Gasteiger partial charge in [0.1, 0.15) is 17.2 Å². The van der Waals surface area contributed by atoms with Crippen LogP contribution in [0.3, 0.4) is 0 Å². The maximum Gasteiger partial charge on any atom is 0.434 e. The third kappa shape index (κ3) is 4.08. The smallest absolute Gasteiger partial charge is 0.332 e. The van der Waals surface area contributed by atoms with Crippen LogP contribution in [0.5, 0.6) is 0 Å². The Morgan fingerprint density at radius 3 is 2.50 bits per heavy atom. The molecule has 200 valence electrons. The average molecular weight is 566 g/mol. The number of nitrogens with zero attached hydrogens (tertiary/aromatic N) is 7. The highest BCUT2D eigenvalue weighted by Crippen LogP contribution is 2.38. The second-order valence-electron chi connectivity index (χ2n) is 8.73. The van der Waals surface area contributed by atoms with Crippen molar-refractivity contribution < 1.29 is 22.4 Å². The van der Waals surface area contributed by atoms with Crippen molar-refractivity contribution in [3.63, 3.8) is 0 Å². The van der Waals surface area contributed by atoms with Crippen LogP contribution in [0.2, 0.25) is 5.02 Å². The lowest BCUT2D eigenvalue weighted by Gasteiger charge is -2.14. The summed E-state index contributed by atoms with van der Waals surface area (Å²) < 4.78 is 60.1. The second kappa shape index (κ2) is 9.49. The van der Waals surface area contributed by atoms with Crippen LogP contribution < -0.4 is 0 Å². The molecular formula is C27H16ClF4N7O. The first-order valence-corrected chi connectivity index (χ1v) is 12.3. The summed E-state index contributed by atoms with van der Waals surface area (Å²) in [4.78, 5) is 30.5. The monoisotopic (exact) mass is 565 g/mol. The van der Waals surface area contributed by atoms with Crippen molar-refractivity contribution >= 4 is 39.2 Å². The lowest BCUT2D eigenvalue weighted by molar-refractivity contribution is -0.143. The molecule has 6 aromatic rings. The molecule has 0 N–H and O–H groups in total. The third-order valence-corrected chi connectivity index (χ3v) is 6.69. The molecule has 1 aromatic carbocycles. The molecule has 0 bridgehead atoms. The number of halogens is 5. The molecule has 5 heterocycles. The first kappa shape index (κ1) is 25.6. The van der Waals surface area contributed by atoms with E-state index in [1.165, 1.54) is 49.1 Å². The largest absolute Gasteiger partial charge is 0.434 e. The van der Waals surface area contributed by atoms with Gasteiger partial charge in [-0.2, -0.15) is 18.3 Å². The first-order chi connectivity index (χ1) is 19.2. The van der Waals surface area contributed by atoms with Crippen LogP contribution in [0.4, 0.5) is 17.6 Å². The maximum absolute atomic E-state index is 14.5. The molecule has 40 heavy (non-hydrogen) atoms. The zero-order chi connectivity index (χ0) is 28.2. The molecule has 0 saturated heterocycles. The Kier molecular flexibility index (Phi) is 6.06. The van der Waals surface area contributed by atoms with Crippen LogP contribution in [0.25, 0.3) is 39.0 Å². The van der Waals surface area contributed by atoms with E-state index in [-0.39, 0.29) is 44.0 Å². The highest BCUT2D eigenvalue weighted by atomic mass is 35.5. The van der Waals surface area contributed by atoms with Crippen molar-refractivity contribution in [1.82, 2.24) is 34.3 Å². The molecule has 13 heteroatoms. The van der Waals surface area contributed by atoms with Crippen molar-refractivity contribution in [2.24, 2.45) is 0 Å². The van der Waals surface area contributed by atoms with Crippen LogP contribution in [0.15, 0.2) is 67.5 Å². The molecule has 0 fully saturated rings. The lowest BCUT2D eigenvalue weighted by Crippen LogP contribution is -2.18. The molecule has 0 atom stereocenters. The molecule has 0 aliphatic heterocycles. The van der Waals surface area contributed by atoms with Crippen LogP contribution in [0, 0.1) is 5.82 Å². The Morgan fingerprint density at radius 2 is 1.77 bits per heavy atom. The number of ketones is 1. The SMILES string of the molecule is CCn1cc(C(=O)c2cnn(-c3cncc4c(F)cccc34)c2C(F)(F)F)c2cc(Cl)c(-c3ncccn3)nc21. The number of aryl methyl sites for hydroxylation is 1. The van der Waals surface area contributed by atoms with Gasteiger partial charge in [0.25, 0.3) is 0 Å². The van der Waals surface area contributed by atoms with Crippen molar-refractivity contribution in [2.75, 3.05) is 0 Å². The first-order valence-electron chi connectivity index (χ1n) is 11.9. The second-order valence-corrected chi connectivity index (χ2v) is 9.14. The highest BCUT2D eigenvalue weighted by molar-refractivity contribution is 6.34. The van der Waals surface area contributed by atoms with Crippen LogP contribution in [-0.4, -0.2) is 40.1 Å². The van der Waals surface area contributed by atoms with E-state index in [0.29, 0.717) is 16.9 Å². The number of rotatable bonds is 5. The van der Waals surface area contributed by atoms with E-state index in [1.54, 1.807) is 17.6 Å². The number of fused-ring (bicyclic) bond motifs is 2. The van der Waals surface area contributed by atoms with Gasteiger partial charge in [0.2, 0.25) is 0 Å². The number of benzene rings is 1. The van der Waals surface area contributed by atoms with Gasteiger partial charge in [-0.25, -0.2) is 24.0 Å². The minimum atomic E-state index is -4.99. The van der Waals surface area contributed by atoms with Crippen LogP contribution in [-0.2, 0) is 12.7 Å². The third-order valence-electron chi connectivity index (χ3n) is 6.41.